The molecule has 0 aliphatic heterocycles. The van der Waals surface area contributed by atoms with Crippen LogP contribution in [0.4, 0.5) is 0 Å². The van der Waals surface area contributed by atoms with Crippen LogP contribution in [-0.2, 0) is 0 Å². The summed E-state index contributed by atoms with van der Waals surface area (Å²) in [4.78, 5) is 0. The highest BCUT2D eigenvalue weighted by atomic mass is 32.1. The van der Waals surface area contributed by atoms with Gasteiger partial charge in [0.25, 0.3) is 0 Å². The van der Waals surface area contributed by atoms with Crippen LogP contribution in [0.1, 0.15) is 196 Å². The van der Waals surface area contributed by atoms with Crippen molar-refractivity contribution in [2.45, 2.75) is 196 Å². The molecule has 0 bridgehead atoms. The molecule has 4 aliphatic carbocycles. The van der Waals surface area contributed by atoms with Crippen molar-refractivity contribution in [1.29, 1.82) is 0 Å². The number of rotatable bonds is 4. The Labute approximate surface area is 295 Å². The van der Waals surface area contributed by atoms with Crippen LogP contribution in [-0.4, -0.2) is 6.26 Å². The molecule has 0 radical (unpaired) electrons. The van der Waals surface area contributed by atoms with Gasteiger partial charge in [-0.3, -0.25) is 0 Å². The van der Waals surface area contributed by atoms with E-state index in [1.54, 1.807) is 6.26 Å². The van der Waals surface area contributed by atoms with Crippen molar-refractivity contribution in [3.63, 3.8) is 0 Å². The SMILES string of the molecule is CC.CC.CC.CC.CC(C)=CCCC(C)C1CC[C@]2(C)C1[C@H](C)CC1[C@@]3(C)CC[C@H](C)[C@H](C)C3[C@@H](C)C[C@]12C.CCC.CS. The van der Waals surface area contributed by atoms with Gasteiger partial charge in [-0.1, -0.05) is 143 Å². The average molecular weight is 653 g/mol. The molecule has 4 fully saturated rings. The Balaban J connectivity index is -0.00000120. The van der Waals surface area contributed by atoms with Crippen LogP contribution in [0.5, 0.6) is 0 Å². The zero-order valence-electron chi connectivity index (χ0n) is 35.6. The highest BCUT2D eigenvalue weighted by Crippen LogP contribution is 2.76. The monoisotopic (exact) mass is 653 g/mol. The summed E-state index contributed by atoms with van der Waals surface area (Å²) in [7, 11) is 0. The van der Waals surface area contributed by atoms with E-state index in [1.807, 2.05) is 55.4 Å². The van der Waals surface area contributed by atoms with Crippen LogP contribution in [0.3, 0.4) is 0 Å². The van der Waals surface area contributed by atoms with Gasteiger partial charge in [-0.15, -0.1) is 0 Å². The van der Waals surface area contributed by atoms with Gasteiger partial charge in [0.1, 0.15) is 0 Å². The number of hydrogen-bond donors (Lipinski definition) is 1. The Kier molecular flexibility index (Phi) is 26.7. The molecule has 0 aromatic carbocycles. The standard InChI is InChI=1S/C32H56.C3H8.4C2H6.CH4S/c1-20(2)12-11-13-22(4)26-15-17-31(9)29(26)23(5)18-27-30(8)16-14-21(3)25(7)28(30)24(6)19-32(27,31)10;1-3-2;5*1-2/h12,21-29H,11,13-19H2,1-10H3;3H2,1-2H3;4*1-2H3;2H,1H3/t21-,22?,23+,24-,25-,26?,27?,28?,29?,30+,31+,32+;;;;;;/m0....../s1. The lowest BCUT2D eigenvalue weighted by molar-refractivity contribution is -0.226. The van der Waals surface area contributed by atoms with Gasteiger partial charge in [0, 0.05) is 0 Å². The normalized spacial score (nSPS) is 39.2. The van der Waals surface area contributed by atoms with Crippen molar-refractivity contribution in [3.8, 4) is 0 Å². The molecule has 4 rings (SSSR count). The minimum absolute atomic E-state index is 0.531. The molecule has 0 saturated heterocycles. The molecular weight excluding hydrogens is 561 g/mol. The maximum Gasteiger partial charge on any atom is -0.0215 e. The first-order chi connectivity index (χ1) is 21.3. The van der Waals surface area contributed by atoms with E-state index in [-0.39, 0.29) is 0 Å². The van der Waals surface area contributed by atoms with Crippen molar-refractivity contribution in [3.05, 3.63) is 11.6 Å². The Morgan fingerprint density at radius 1 is 0.733 bits per heavy atom. The van der Waals surface area contributed by atoms with Gasteiger partial charge in [-0.2, -0.15) is 12.6 Å². The smallest absolute Gasteiger partial charge is 0.0215 e. The first-order valence-electron chi connectivity index (χ1n) is 20.4. The molecule has 274 valence electrons. The van der Waals surface area contributed by atoms with Gasteiger partial charge < -0.3 is 0 Å². The van der Waals surface area contributed by atoms with Crippen LogP contribution < -0.4 is 0 Å². The molecule has 0 amide bonds. The molecule has 4 saturated carbocycles. The van der Waals surface area contributed by atoms with Crippen LogP contribution in [0, 0.1) is 69.5 Å². The Morgan fingerprint density at radius 2 is 1.22 bits per heavy atom. The van der Waals surface area contributed by atoms with Crippen molar-refractivity contribution in [2.75, 3.05) is 6.26 Å². The third kappa shape index (κ3) is 11.0. The highest BCUT2D eigenvalue weighted by molar-refractivity contribution is 7.79. The highest BCUT2D eigenvalue weighted by Gasteiger charge is 2.69. The summed E-state index contributed by atoms with van der Waals surface area (Å²) in [6.45, 7) is 46.2. The van der Waals surface area contributed by atoms with Gasteiger partial charge >= 0.3 is 0 Å². The second-order valence-electron chi connectivity index (χ2n) is 15.5. The van der Waals surface area contributed by atoms with Crippen LogP contribution in [0.2, 0.25) is 0 Å². The second-order valence-corrected chi connectivity index (χ2v) is 15.5. The fraction of sp³-hybridized carbons (Fsp3) is 0.955. The minimum atomic E-state index is 0.531. The van der Waals surface area contributed by atoms with Crippen LogP contribution >= 0.6 is 12.6 Å². The molecule has 0 aromatic heterocycles. The third-order valence-corrected chi connectivity index (χ3v) is 12.9. The Hall–Kier alpha value is 0.0900. The fourth-order valence-electron chi connectivity index (χ4n) is 11.3. The fourth-order valence-corrected chi connectivity index (χ4v) is 11.3. The predicted molar refractivity (Wildman–Crippen MR) is 217 cm³/mol. The lowest BCUT2D eigenvalue weighted by atomic mass is 9.34. The first kappa shape index (κ1) is 49.5. The van der Waals surface area contributed by atoms with E-state index in [0.29, 0.717) is 16.2 Å². The van der Waals surface area contributed by atoms with E-state index in [0.717, 1.165) is 53.3 Å². The molecule has 4 aliphatic rings. The lowest BCUT2D eigenvalue weighted by Gasteiger charge is -2.71. The molecule has 0 nitrogen and oxygen atoms in total. The molecular formula is C44H92S. The molecule has 5 unspecified atom stereocenters. The molecule has 0 aromatic rings. The van der Waals surface area contributed by atoms with E-state index in [1.165, 1.54) is 63.4 Å². The summed E-state index contributed by atoms with van der Waals surface area (Å²) in [6.07, 6.45) is 17.0. The maximum absolute atomic E-state index is 3.53. The van der Waals surface area contributed by atoms with Crippen molar-refractivity contribution in [2.24, 2.45) is 69.5 Å². The maximum atomic E-state index is 3.53. The number of hydrogen-bond acceptors (Lipinski definition) is 1. The molecule has 1 heteroatoms. The molecule has 45 heavy (non-hydrogen) atoms. The zero-order chi connectivity index (χ0) is 36.3. The topological polar surface area (TPSA) is 0 Å². The largest absolute Gasteiger partial charge is 0.183 e. The Morgan fingerprint density at radius 3 is 1.69 bits per heavy atom. The summed E-state index contributed by atoms with van der Waals surface area (Å²) < 4.78 is 0. The number of allylic oxidation sites excluding steroid dienone is 2. The van der Waals surface area contributed by atoms with Crippen molar-refractivity contribution < 1.29 is 0 Å². The molecule has 0 spiro atoms. The molecule has 12 atom stereocenters. The summed E-state index contributed by atoms with van der Waals surface area (Å²) in [6, 6.07) is 0. The summed E-state index contributed by atoms with van der Waals surface area (Å²) >= 11 is 3.53. The van der Waals surface area contributed by atoms with E-state index in [9.17, 15) is 0 Å². The average Bonchev–Trinajstić information content (AvgIpc) is 3.42. The quantitative estimate of drug-likeness (QED) is 0.227. The predicted octanol–water partition coefficient (Wildman–Crippen LogP) is 15.9. The molecule has 0 heterocycles. The van der Waals surface area contributed by atoms with Gasteiger partial charge in [0.15, 0.2) is 0 Å². The van der Waals surface area contributed by atoms with Gasteiger partial charge in [0.05, 0.1) is 0 Å². The zero-order valence-corrected chi connectivity index (χ0v) is 36.5. The van der Waals surface area contributed by atoms with Gasteiger partial charge in [-0.25, -0.2) is 0 Å². The lowest BCUT2D eigenvalue weighted by Crippen LogP contribution is -2.64. The minimum Gasteiger partial charge on any atom is -0.183 e. The van der Waals surface area contributed by atoms with E-state index in [2.05, 4.69) is 102 Å². The number of fused-ring (bicyclic) bond motifs is 5. The van der Waals surface area contributed by atoms with E-state index in [4.69, 9.17) is 0 Å². The van der Waals surface area contributed by atoms with Gasteiger partial charge in [0.2, 0.25) is 0 Å². The second kappa shape index (κ2) is 24.3. The van der Waals surface area contributed by atoms with Crippen molar-refractivity contribution in [1.82, 2.24) is 0 Å². The Bertz CT molecular complexity index is 735. The summed E-state index contributed by atoms with van der Waals surface area (Å²) in [5, 5.41) is 0. The van der Waals surface area contributed by atoms with Crippen LogP contribution in [0.25, 0.3) is 0 Å². The van der Waals surface area contributed by atoms with Gasteiger partial charge in [-0.05, 0) is 141 Å². The van der Waals surface area contributed by atoms with E-state index >= 15 is 0 Å². The van der Waals surface area contributed by atoms with E-state index < -0.39 is 0 Å². The molecule has 0 N–H and O–H groups in total. The van der Waals surface area contributed by atoms with Crippen molar-refractivity contribution >= 4 is 12.6 Å². The first-order valence-corrected chi connectivity index (χ1v) is 21.3. The summed E-state index contributed by atoms with van der Waals surface area (Å²) in [5.41, 5.74) is 3.13. The number of thiol groups is 1. The third-order valence-electron chi connectivity index (χ3n) is 12.9. The van der Waals surface area contributed by atoms with Crippen LogP contribution in [0.15, 0.2) is 11.6 Å². The summed E-state index contributed by atoms with van der Waals surface area (Å²) in [5.74, 6) is 8.25.